The van der Waals surface area contributed by atoms with Crippen molar-refractivity contribution >= 4 is 49.5 Å². The summed E-state index contributed by atoms with van der Waals surface area (Å²) in [5.74, 6) is 0.823. The number of anilines is 1. The van der Waals surface area contributed by atoms with Crippen molar-refractivity contribution in [2.24, 2.45) is 0 Å². The van der Waals surface area contributed by atoms with Crippen molar-refractivity contribution in [1.29, 1.82) is 5.26 Å². The van der Waals surface area contributed by atoms with Gasteiger partial charge in [0, 0.05) is 20.6 Å². The zero-order valence-electron chi connectivity index (χ0n) is 15.7. The first-order valence-electron chi connectivity index (χ1n) is 8.03. The number of methoxy groups -OCH3 is 3. The number of hydrogen-bond donors (Lipinski definition) is 1. The van der Waals surface area contributed by atoms with E-state index in [0.29, 0.717) is 37.4 Å². The Morgan fingerprint density at radius 1 is 1.00 bits per heavy atom. The maximum absolute atomic E-state index is 12.7. The Labute approximate surface area is 180 Å². The fourth-order valence-electron chi connectivity index (χ4n) is 2.47. The standard InChI is InChI=1S/C20H18Br2N2O4/c1-11-5-14(21)19(15(22)6-11)24-20(25)13(10-23)7-12-8-17(27-3)18(28-4)9-16(12)26-2/h5-9H,1-4H3,(H,24,25)/b13-7+. The number of aryl methyl sites for hydroxylation is 1. The molecule has 1 N–H and O–H groups in total. The summed E-state index contributed by atoms with van der Waals surface area (Å²) in [6, 6.07) is 8.93. The van der Waals surface area contributed by atoms with Crippen LogP contribution in [0.3, 0.4) is 0 Å². The average molecular weight is 510 g/mol. The minimum atomic E-state index is -0.551. The monoisotopic (exact) mass is 508 g/mol. The zero-order valence-corrected chi connectivity index (χ0v) is 18.9. The number of rotatable bonds is 6. The third-order valence-corrected chi connectivity index (χ3v) is 5.08. The van der Waals surface area contributed by atoms with Gasteiger partial charge in [0.1, 0.15) is 17.4 Å². The van der Waals surface area contributed by atoms with E-state index in [-0.39, 0.29) is 5.57 Å². The van der Waals surface area contributed by atoms with E-state index < -0.39 is 5.91 Å². The minimum Gasteiger partial charge on any atom is -0.496 e. The van der Waals surface area contributed by atoms with Gasteiger partial charge in [-0.3, -0.25) is 4.79 Å². The molecule has 0 radical (unpaired) electrons. The molecule has 0 fully saturated rings. The average Bonchev–Trinajstić information content (AvgIpc) is 2.67. The predicted molar refractivity (Wildman–Crippen MR) is 115 cm³/mol. The lowest BCUT2D eigenvalue weighted by Crippen LogP contribution is -2.14. The second-order valence-corrected chi connectivity index (χ2v) is 7.39. The van der Waals surface area contributed by atoms with Gasteiger partial charge in [-0.05, 0) is 68.6 Å². The molecule has 0 aliphatic carbocycles. The van der Waals surface area contributed by atoms with Gasteiger partial charge in [-0.15, -0.1) is 0 Å². The van der Waals surface area contributed by atoms with E-state index in [1.165, 1.54) is 27.4 Å². The molecule has 6 nitrogen and oxygen atoms in total. The summed E-state index contributed by atoms with van der Waals surface area (Å²) in [4.78, 5) is 12.7. The molecular formula is C20H18Br2N2O4. The van der Waals surface area contributed by atoms with Crippen molar-refractivity contribution < 1.29 is 19.0 Å². The van der Waals surface area contributed by atoms with Crippen LogP contribution in [-0.4, -0.2) is 27.2 Å². The quantitative estimate of drug-likeness (QED) is 0.433. The number of benzene rings is 2. The number of carbonyl (C=O) groups excluding carboxylic acids is 1. The summed E-state index contributed by atoms with van der Waals surface area (Å²) in [7, 11) is 4.51. The highest BCUT2D eigenvalue weighted by Gasteiger charge is 2.17. The van der Waals surface area contributed by atoms with Crippen molar-refractivity contribution in [3.8, 4) is 23.3 Å². The second kappa shape index (κ2) is 9.62. The van der Waals surface area contributed by atoms with Gasteiger partial charge in [0.05, 0.1) is 27.0 Å². The number of hydrogen-bond acceptors (Lipinski definition) is 5. The Bertz CT molecular complexity index is 958. The number of nitriles is 1. The smallest absolute Gasteiger partial charge is 0.266 e. The van der Waals surface area contributed by atoms with Crippen molar-refractivity contribution in [3.05, 3.63) is 49.9 Å². The highest BCUT2D eigenvalue weighted by atomic mass is 79.9. The maximum atomic E-state index is 12.7. The van der Waals surface area contributed by atoms with E-state index in [0.717, 1.165) is 5.56 Å². The first-order chi connectivity index (χ1) is 13.3. The molecule has 0 spiro atoms. The summed E-state index contributed by atoms with van der Waals surface area (Å²) in [6.07, 6.45) is 1.44. The van der Waals surface area contributed by atoms with Gasteiger partial charge in [0.2, 0.25) is 0 Å². The second-order valence-electron chi connectivity index (χ2n) is 5.68. The lowest BCUT2D eigenvalue weighted by molar-refractivity contribution is -0.112. The fourth-order valence-corrected chi connectivity index (χ4v) is 4.08. The Hall–Kier alpha value is -2.50. The SMILES string of the molecule is COc1cc(OC)c(OC)cc1/C=C(\C#N)C(=O)Nc1c(Br)cc(C)cc1Br. The number of ether oxygens (including phenoxy) is 3. The molecule has 0 atom stereocenters. The first-order valence-corrected chi connectivity index (χ1v) is 9.62. The third kappa shape index (κ3) is 4.86. The van der Waals surface area contributed by atoms with E-state index in [1.807, 2.05) is 25.1 Å². The van der Waals surface area contributed by atoms with Gasteiger partial charge in [-0.1, -0.05) is 0 Å². The molecule has 0 aliphatic heterocycles. The molecule has 2 rings (SSSR count). The van der Waals surface area contributed by atoms with Crippen LogP contribution in [-0.2, 0) is 4.79 Å². The number of carbonyl (C=O) groups is 1. The van der Waals surface area contributed by atoms with Gasteiger partial charge in [0.15, 0.2) is 11.5 Å². The van der Waals surface area contributed by atoms with Crippen LogP contribution in [0.15, 0.2) is 38.8 Å². The molecule has 0 saturated carbocycles. The topological polar surface area (TPSA) is 80.6 Å². The third-order valence-electron chi connectivity index (χ3n) is 3.83. The van der Waals surface area contributed by atoms with Crippen molar-refractivity contribution in [2.75, 3.05) is 26.6 Å². The summed E-state index contributed by atoms with van der Waals surface area (Å²) in [5.41, 5.74) is 1.97. The summed E-state index contributed by atoms with van der Waals surface area (Å²) < 4.78 is 17.3. The van der Waals surface area contributed by atoms with E-state index in [1.54, 1.807) is 12.1 Å². The summed E-state index contributed by atoms with van der Waals surface area (Å²) in [5, 5.41) is 12.3. The molecule has 0 aliphatic rings. The van der Waals surface area contributed by atoms with Crippen LogP contribution in [0.1, 0.15) is 11.1 Å². The van der Waals surface area contributed by atoms with Crippen LogP contribution in [0.5, 0.6) is 17.2 Å². The van der Waals surface area contributed by atoms with Crippen LogP contribution in [0.25, 0.3) is 6.08 Å². The largest absolute Gasteiger partial charge is 0.496 e. The summed E-state index contributed by atoms with van der Waals surface area (Å²) >= 11 is 6.85. The minimum absolute atomic E-state index is 0.0927. The Morgan fingerprint density at radius 3 is 2.04 bits per heavy atom. The molecule has 146 valence electrons. The van der Waals surface area contributed by atoms with Crippen molar-refractivity contribution in [2.45, 2.75) is 6.92 Å². The van der Waals surface area contributed by atoms with Gasteiger partial charge in [-0.25, -0.2) is 0 Å². The molecule has 1 amide bonds. The van der Waals surface area contributed by atoms with E-state index in [2.05, 4.69) is 37.2 Å². The van der Waals surface area contributed by atoms with Gasteiger partial charge >= 0.3 is 0 Å². The molecule has 2 aromatic carbocycles. The number of halogens is 2. The molecule has 0 heterocycles. The lowest BCUT2D eigenvalue weighted by atomic mass is 10.1. The van der Waals surface area contributed by atoms with Crippen molar-refractivity contribution in [3.63, 3.8) is 0 Å². The Kier molecular flexibility index (Phi) is 7.49. The molecule has 28 heavy (non-hydrogen) atoms. The molecule has 0 saturated heterocycles. The molecule has 8 heteroatoms. The number of nitrogens with one attached hydrogen (secondary N) is 1. The molecule has 0 bridgehead atoms. The van der Waals surface area contributed by atoms with Crippen LogP contribution in [0.2, 0.25) is 0 Å². The number of amides is 1. The normalized spacial score (nSPS) is 10.8. The van der Waals surface area contributed by atoms with Gasteiger partial charge in [-0.2, -0.15) is 5.26 Å². The van der Waals surface area contributed by atoms with E-state index in [4.69, 9.17) is 14.2 Å². The van der Waals surface area contributed by atoms with Crippen LogP contribution in [0.4, 0.5) is 5.69 Å². The first kappa shape index (κ1) is 21.8. The molecule has 0 aromatic heterocycles. The van der Waals surface area contributed by atoms with E-state index >= 15 is 0 Å². The van der Waals surface area contributed by atoms with Crippen molar-refractivity contribution in [1.82, 2.24) is 0 Å². The Balaban J connectivity index is 2.44. The summed E-state index contributed by atoms with van der Waals surface area (Å²) in [6.45, 7) is 1.94. The van der Waals surface area contributed by atoms with Gasteiger partial charge in [0.25, 0.3) is 5.91 Å². The molecular weight excluding hydrogens is 492 g/mol. The van der Waals surface area contributed by atoms with Crippen LogP contribution >= 0.6 is 31.9 Å². The highest BCUT2D eigenvalue weighted by molar-refractivity contribution is 9.11. The zero-order chi connectivity index (χ0) is 20.8. The fraction of sp³-hybridized carbons (Fsp3) is 0.200. The van der Waals surface area contributed by atoms with Crippen LogP contribution < -0.4 is 19.5 Å². The lowest BCUT2D eigenvalue weighted by Gasteiger charge is -2.13. The highest BCUT2D eigenvalue weighted by Crippen LogP contribution is 2.36. The van der Waals surface area contributed by atoms with E-state index in [9.17, 15) is 10.1 Å². The maximum Gasteiger partial charge on any atom is 0.266 e. The molecule has 0 unspecified atom stereocenters. The number of nitrogens with zero attached hydrogens (tertiary/aromatic N) is 1. The predicted octanol–water partition coefficient (Wildman–Crippen LogP) is 5.09. The molecule has 2 aromatic rings. The van der Waals surface area contributed by atoms with Gasteiger partial charge < -0.3 is 19.5 Å². The Morgan fingerprint density at radius 2 is 1.54 bits per heavy atom. The van der Waals surface area contributed by atoms with Crippen LogP contribution in [0, 0.1) is 18.3 Å².